The maximum absolute atomic E-state index is 12.1. The largest absolute Gasteiger partial charge is 0.351 e. The second kappa shape index (κ2) is 8.84. The number of hydrogen-bond acceptors (Lipinski definition) is 3. The third kappa shape index (κ3) is 6.64. The number of nitrogens with one attached hydrogen (secondary N) is 3. The van der Waals surface area contributed by atoms with Crippen LogP contribution in [0.15, 0.2) is 48.5 Å². The lowest BCUT2D eigenvalue weighted by Crippen LogP contribution is -2.32. The number of nitrogens with zero attached hydrogens (tertiary/aromatic N) is 1. The van der Waals surface area contributed by atoms with Crippen molar-refractivity contribution < 1.29 is 9.59 Å². The van der Waals surface area contributed by atoms with Gasteiger partial charge in [-0.2, -0.15) is 0 Å². The lowest BCUT2D eigenvalue weighted by Gasteiger charge is -2.11. The minimum atomic E-state index is -0.306. The predicted molar refractivity (Wildman–Crippen MR) is 101 cm³/mol. The van der Waals surface area contributed by atoms with Gasteiger partial charge < -0.3 is 20.9 Å². The van der Waals surface area contributed by atoms with Gasteiger partial charge in [-0.1, -0.05) is 24.3 Å². The lowest BCUT2D eigenvalue weighted by atomic mass is 10.2. The summed E-state index contributed by atoms with van der Waals surface area (Å²) in [6, 6.07) is 14.7. The van der Waals surface area contributed by atoms with Gasteiger partial charge in [0.05, 0.1) is 6.54 Å². The van der Waals surface area contributed by atoms with Crippen molar-refractivity contribution >= 4 is 23.3 Å². The first kappa shape index (κ1) is 18.5. The third-order valence-electron chi connectivity index (χ3n) is 3.41. The van der Waals surface area contributed by atoms with Crippen LogP contribution in [0.1, 0.15) is 11.1 Å². The van der Waals surface area contributed by atoms with Gasteiger partial charge in [-0.15, -0.1) is 0 Å². The van der Waals surface area contributed by atoms with Crippen LogP contribution in [0.3, 0.4) is 0 Å². The molecule has 2 rings (SSSR count). The van der Waals surface area contributed by atoms with Gasteiger partial charge in [0.1, 0.15) is 0 Å². The molecule has 0 bridgehead atoms. The normalized spacial score (nSPS) is 10.4. The van der Waals surface area contributed by atoms with E-state index in [-0.39, 0.29) is 11.9 Å². The van der Waals surface area contributed by atoms with Crippen LogP contribution in [-0.2, 0) is 11.3 Å². The van der Waals surface area contributed by atoms with Crippen LogP contribution in [-0.4, -0.2) is 37.5 Å². The fourth-order valence-corrected chi connectivity index (χ4v) is 2.32. The van der Waals surface area contributed by atoms with E-state index in [1.807, 2.05) is 68.4 Å². The molecular weight excluding hydrogens is 316 g/mol. The zero-order chi connectivity index (χ0) is 18.2. The summed E-state index contributed by atoms with van der Waals surface area (Å²) in [5.74, 6) is -0.0412. The SMILES string of the molecule is Cc1cccc(NC(=O)Nc2cccc(CNC(=O)CN(C)C)c2)c1. The molecule has 0 heterocycles. The first-order valence-corrected chi connectivity index (χ1v) is 8.07. The smallest absolute Gasteiger partial charge is 0.323 e. The van der Waals surface area contributed by atoms with Crippen molar-refractivity contribution in [3.05, 3.63) is 59.7 Å². The number of aryl methyl sites for hydroxylation is 1. The second-order valence-electron chi connectivity index (χ2n) is 6.16. The van der Waals surface area contributed by atoms with Gasteiger partial charge in [0, 0.05) is 17.9 Å². The van der Waals surface area contributed by atoms with Crippen molar-refractivity contribution in [2.24, 2.45) is 0 Å². The summed E-state index contributed by atoms with van der Waals surface area (Å²) in [5, 5.41) is 8.44. The molecule has 6 nitrogen and oxygen atoms in total. The van der Waals surface area contributed by atoms with Gasteiger partial charge >= 0.3 is 6.03 Å². The fourth-order valence-electron chi connectivity index (χ4n) is 2.32. The molecule has 0 radical (unpaired) electrons. The first-order chi connectivity index (χ1) is 11.9. The number of benzene rings is 2. The molecule has 0 unspecified atom stereocenters. The van der Waals surface area contributed by atoms with E-state index in [1.165, 1.54) is 0 Å². The quantitative estimate of drug-likeness (QED) is 0.757. The molecular formula is C19H24N4O2. The molecule has 0 saturated carbocycles. The van der Waals surface area contributed by atoms with Gasteiger partial charge in [-0.05, 0) is 56.4 Å². The molecule has 3 amide bonds. The molecule has 0 atom stereocenters. The Bertz CT molecular complexity index is 744. The molecule has 0 saturated heterocycles. The van der Waals surface area contributed by atoms with Gasteiger partial charge in [-0.3, -0.25) is 4.79 Å². The number of rotatable bonds is 6. The standard InChI is InChI=1S/C19H24N4O2/c1-14-6-4-8-16(10-14)21-19(25)22-17-9-5-7-15(11-17)12-20-18(24)13-23(2)3/h4-11H,12-13H2,1-3H3,(H,20,24)(H2,21,22,25). The van der Waals surface area contributed by atoms with Crippen molar-refractivity contribution in [3.8, 4) is 0 Å². The zero-order valence-corrected chi connectivity index (χ0v) is 14.8. The van der Waals surface area contributed by atoms with E-state index < -0.39 is 0 Å². The molecule has 2 aromatic rings. The van der Waals surface area contributed by atoms with Crippen LogP contribution in [0.2, 0.25) is 0 Å². The molecule has 0 aliphatic heterocycles. The predicted octanol–water partition coefficient (Wildman–Crippen LogP) is 2.82. The molecule has 0 aliphatic carbocycles. The number of amides is 3. The highest BCUT2D eigenvalue weighted by atomic mass is 16.2. The van der Waals surface area contributed by atoms with E-state index in [0.29, 0.717) is 18.8 Å². The Balaban J connectivity index is 1.90. The molecule has 2 aromatic carbocycles. The van der Waals surface area contributed by atoms with Gasteiger partial charge in [0.25, 0.3) is 0 Å². The summed E-state index contributed by atoms with van der Waals surface area (Å²) in [7, 11) is 3.69. The molecule has 0 aromatic heterocycles. The highest BCUT2D eigenvalue weighted by Crippen LogP contribution is 2.13. The summed E-state index contributed by atoms with van der Waals surface area (Å²) in [4.78, 5) is 25.6. The molecule has 3 N–H and O–H groups in total. The van der Waals surface area contributed by atoms with Crippen molar-refractivity contribution in [2.45, 2.75) is 13.5 Å². The first-order valence-electron chi connectivity index (χ1n) is 8.07. The molecule has 0 spiro atoms. The second-order valence-corrected chi connectivity index (χ2v) is 6.16. The molecule has 0 fully saturated rings. The van der Waals surface area contributed by atoms with E-state index in [9.17, 15) is 9.59 Å². The summed E-state index contributed by atoms with van der Waals surface area (Å²) >= 11 is 0. The van der Waals surface area contributed by atoms with Gasteiger partial charge in [0.2, 0.25) is 5.91 Å². The molecule has 25 heavy (non-hydrogen) atoms. The number of carbonyl (C=O) groups is 2. The number of anilines is 2. The van der Waals surface area contributed by atoms with Gasteiger partial charge in [-0.25, -0.2) is 4.79 Å². The fraction of sp³-hybridized carbons (Fsp3) is 0.263. The van der Waals surface area contributed by atoms with E-state index in [2.05, 4.69) is 16.0 Å². The average Bonchev–Trinajstić information content (AvgIpc) is 2.52. The zero-order valence-electron chi connectivity index (χ0n) is 14.8. The van der Waals surface area contributed by atoms with Crippen LogP contribution in [0.4, 0.5) is 16.2 Å². The molecule has 132 valence electrons. The number of hydrogen-bond donors (Lipinski definition) is 3. The number of likely N-dealkylation sites (N-methyl/N-ethyl adjacent to an activating group) is 1. The lowest BCUT2D eigenvalue weighted by molar-refractivity contribution is -0.121. The van der Waals surface area contributed by atoms with Crippen molar-refractivity contribution in [1.82, 2.24) is 10.2 Å². The maximum Gasteiger partial charge on any atom is 0.323 e. The van der Waals surface area contributed by atoms with Crippen molar-refractivity contribution in [3.63, 3.8) is 0 Å². The van der Waals surface area contributed by atoms with Gasteiger partial charge in [0.15, 0.2) is 0 Å². The van der Waals surface area contributed by atoms with Crippen LogP contribution >= 0.6 is 0 Å². The summed E-state index contributed by atoms with van der Waals surface area (Å²) in [6.07, 6.45) is 0. The summed E-state index contributed by atoms with van der Waals surface area (Å²) in [6.45, 7) is 2.73. The minimum Gasteiger partial charge on any atom is -0.351 e. The van der Waals surface area contributed by atoms with Crippen LogP contribution in [0.5, 0.6) is 0 Å². The Morgan fingerprint density at radius 3 is 2.24 bits per heavy atom. The maximum atomic E-state index is 12.1. The summed E-state index contributed by atoms with van der Waals surface area (Å²) < 4.78 is 0. The highest BCUT2D eigenvalue weighted by molar-refractivity contribution is 5.99. The van der Waals surface area contributed by atoms with E-state index in [0.717, 1.165) is 16.8 Å². The topological polar surface area (TPSA) is 73.5 Å². The van der Waals surface area contributed by atoms with Crippen LogP contribution in [0.25, 0.3) is 0 Å². The Labute approximate surface area is 148 Å². The number of urea groups is 1. The average molecular weight is 340 g/mol. The van der Waals surface area contributed by atoms with Crippen molar-refractivity contribution in [1.29, 1.82) is 0 Å². The Morgan fingerprint density at radius 1 is 0.960 bits per heavy atom. The Morgan fingerprint density at radius 2 is 1.60 bits per heavy atom. The highest BCUT2D eigenvalue weighted by Gasteiger charge is 2.05. The molecule has 6 heteroatoms. The Hall–Kier alpha value is -2.86. The van der Waals surface area contributed by atoms with Crippen molar-refractivity contribution in [2.75, 3.05) is 31.3 Å². The van der Waals surface area contributed by atoms with Crippen LogP contribution < -0.4 is 16.0 Å². The summed E-state index contributed by atoms with van der Waals surface area (Å²) in [5.41, 5.74) is 3.41. The monoisotopic (exact) mass is 340 g/mol. The van der Waals surface area contributed by atoms with Crippen LogP contribution in [0, 0.1) is 6.92 Å². The van der Waals surface area contributed by atoms with E-state index in [4.69, 9.17) is 0 Å². The molecule has 0 aliphatic rings. The third-order valence-corrected chi connectivity index (χ3v) is 3.41. The van der Waals surface area contributed by atoms with E-state index >= 15 is 0 Å². The van der Waals surface area contributed by atoms with E-state index in [1.54, 1.807) is 6.07 Å². The minimum absolute atomic E-state index is 0.0412. The Kier molecular flexibility index (Phi) is 6.54. The number of carbonyl (C=O) groups excluding carboxylic acids is 2.